The molecule has 1 aromatic rings. The molecule has 0 unspecified atom stereocenters. The van der Waals surface area contributed by atoms with Gasteiger partial charge in [0.1, 0.15) is 0 Å². The van der Waals surface area contributed by atoms with Gasteiger partial charge in [0.25, 0.3) is 5.91 Å². The van der Waals surface area contributed by atoms with Crippen molar-refractivity contribution < 1.29 is 4.79 Å². The Morgan fingerprint density at radius 3 is 3.10 bits per heavy atom. The molecule has 0 bridgehead atoms. The molecule has 0 spiro atoms. The second-order valence-corrected chi connectivity index (χ2v) is 5.87. The number of rotatable bonds is 5. The molecule has 2 aliphatic rings. The molecule has 0 aromatic heterocycles. The molecule has 2 N–H and O–H groups in total. The Bertz CT molecular complexity index is 496. The van der Waals surface area contributed by atoms with Gasteiger partial charge in [-0.15, -0.1) is 0 Å². The first-order valence-electron chi connectivity index (χ1n) is 7.59. The molecule has 3 rings (SSSR count). The fourth-order valence-electron chi connectivity index (χ4n) is 2.76. The number of benzene rings is 1. The molecule has 1 aliphatic carbocycles. The van der Waals surface area contributed by atoms with Crippen molar-refractivity contribution in [1.29, 1.82) is 0 Å². The molecule has 1 fully saturated rings. The summed E-state index contributed by atoms with van der Waals surface area (Å²) in [5, 5.41) is 6.39. The molecule has 1 amide bonds. The molecule has 1 saturated carbocycles. The summed E-state index contributed by atoms with van der Waals surface area (Å²) in [6.45, 7) is 2.69. The SMILES string of the molecule is CN(CCNC(=O)c1ccc2c(c1)CCCN2)C1CC1. The number of hydrogen-bond acceptors (Lipinski definition) is 3. The van der Waals surface area contributed by atoms with Crippen LogP contribution >= 0.6 is 0 Å². The fraction of sp³-hybridized carbons (Fsp3) is 0.562. The fourth-order valence-corrected chi connectivity index (χ4v) is 2.76. The molecular formula is C16H23N3O. The summed E-state index contributed by atoms with van der Waals surface area (Å²) in [6, 6.07) is 6.72. The van der Waals surface area contributed by atoms with Crippen molar-refractivity contribution in [2.75, 3.05) is 32.0 Å². The van der Waals surface area contributed by atoms with Gasteiger partial charge in [-0.1, -0.05) is 0 Å². The molecular weight excluding hydrogens is 250 g/mol. The third-order valence-electron chi connectivity index (χ3n) is 4.23. The maximum absolute atomic E-state index is 12.1. The number of carbonyl (C=O) groups excluding carboxylic acids is 1. The van der Waals surface area contributed by atoms with E-state index in [1.165, 1.54) is 24.1 Å². The van der Waals surface area contributed by atoms with E-state index >= 15 is 0 Å². The zero-order valence-corrected chi connectivity index (χ0v) is 12.1. The minimum atomic E-state index is 0.0440. The highest BCUT2D eigenvalue weighted by Gasteiger charge is 2.25. The van der Waals surface area contributed by atoms with Gasteiger partial charge < -0.3 is 15.5 Å². The molecule has 1 heterocycles. The van der Waals surface area contributed by atoms with E-state index in [4.69, 9.17) is 0 Å². The molecule has 0 radical (unpaired) electrons. The molecule has 0 saturated heterocycles. The normalized spacial score (nSPS) is 17.5. The Kier molecular flexibility index (Phi) is 3.92. The van der Waals surface area contributed by atoms with Crippen molar-refractivity contribution in [1.82, 2.24) is 10.2 Å². The maximum atomic E-state index is 12.1. The van der Waals surface area contributed by atoms with Gasteiger partial charge in [0.2, 0.25) is 0 Å². The zero-order chi connectivity index (χ0) is 13.9. The standard InChI is InChI=1S/C16H23N3O/c1-19(14-5-6-14)10-9-18-16(20)13-4-7-15-12(11-13)3-2-8-17-15/h4,7,11,14,17H,2-3,5-6,8-10H2,1H3,(H,18,20). The first-order valence-corrected chi connectivity index (χ1v) is 7.59. The monoisotopic (exact) mass is 273 g/mol. The Morgan fingerprint density at radius 1 is 1.45 bits per heavy atom. The van der Waals surface area contributed by atoms with Crippen LogP contribution in [0.15, 0.2) is 18.2 Å². The van der Waals surface area contributed by atoms with Crippen LogP contribution in [0.4, 0.5) is 5.69 Å². The van der Waals surface area contributed by atoms with E-state index in [1.54, 1.807) is 0 Å². The van der Waals surface area contributed by atoms with Gasteiger partial charge in [-0.25, -0.2) is 0 Å². The molecule has 0 atom stereocenters. The van der Waals surface area contributed by atoms with Crippen molar-refractivity contribution in [3.63, 3.8) is 0 Å². The average Bonchev–Trinajstić information content (AvgIpc) is 3.31. The predicted molar refractivity (Wildman–Crippen MR) is 81.2 cm³/mol. The number of fused-ring (bicyclic) bond motifs is 1. The van der Waals surface area contributed by atoms with Gasteiger partial charge >= 0.3 is 0 Å². The first kappa shape index (κ1) is 13.4. The van der Waals surface area contributed by atoms with Crippen molar-refractivity contribution in [3.05, 3.63) is 29.3 Å². The highest BCUT2D eigenvalue weighted by molar-refractivity contribution is 5.94. The summed E-state index contributed by atoms with van der Waals surface area (Å²) in [7, 11) is 2.13. The van der Waals surface area contributed by atoms with E-state index in [9.17, 15) is 4.79 Å². The third kappa shape index (κ3) is 3.12. The second kappa shape index (κ2) is 5.83. The average molecular weight is 273 g/mol. The van der Waals surface area contributed by atoms with Gasteiger partial charge in [-0.2, -0.15) is 0 Å². The maximum Gasteiger partial charge on any atom is 0.251 e. The van der Waals surface area contributed by atoms with Gasteiger partial charge in [0.15, 0.2) is 0 Å². The zero-order valence-electron chi connectivity index (χ0n) is 12.1. The first-order chi connectivity index (χ1) is 9.74. The smallest absolute Gasteiger partial charge is 0.251 e. The molecule has 108 valence electrons. The number of aryl methyl sites for hydroxylation is 1. The predicted octanol–water partition coefficient (Wildman–Crippen LogP) is 1.87. The van der Waals surface area contributed by atoms with Crippen molar-refractivity contribution >= 4 is 11.6 Å². The lowest BCUT2D eigenvalue weighted by Gasteiger charge is -2.19. The summed E-state index contributed by atoms with van der Waals surface area (Å²) in [5.74, 6) is 0.0440. The van der Waals surface area contributed by atoms with Crippen LogP contribution in [0, 0.1) is 0 Å². The van der Waals surface area contributed by atoms with Gasteiger partial charge in [-0.05, 0) is 56.5 Å². The van der Waals surface area contributed by atoms with Crippen LogP contribution in [0.2, 0.25) is 0 Å². The highest BCUT2D eigenvalue weighted by atomic mass is 16.1. The molecule has 1 aliphatic heterocycles. The van der Waals surface area contributed by atoms with Gasteiger partial charge in [-0.3, -0.25) is 4.79 Å². The van der Waals surface area contributed by atoms with E-state index in [0.29, 0.717) is 0 Å². The number of anilines is 1. The van der Waals surface area contributed by atoms with Crippen LogP contribution in [-0.4, -0.2) is 43.5 Å². The van der Waals surface area contributed by atoms with Crippen molar-refractivity contribution in [2.24, 2.45) is 0 Å². The molecule has 20 heavy (non-hydrogen) atoms. The summed E-state index contributed by atoms with van der Waals surface area (Å²) >= 11 is 0. The second-order valence-electron chi connectivity index (χ2n) is 5.87. The molecule has 1 aromatic carbocycles. The quantitative estimate of drug-likeness (QED) is 0.861. The number of likely N-dealkylation sites (N-methyl/N-ethyl adjacent to an activating group) is 1. The topological polar surface area (TPSA) is 44.4 Å². The van der Waals surface area contributed by atoms with Crippen LogP contribution in [0.25, 0.3) is 0 Å². The minimum absolute atomic E-state index is 0.0440. The van der Waals surface area contributed by atoms with Crippen molar-refractivity contribution in [2.45, 2.75) is 31.7 Å². The number of hydrogen-bond donors (Lipinski definition) is 2. The summed E-state index contributed by atoms with van der Waals surface area (Å²) < 4.78 is 0. The van der Waals surface area contributed by atoms with E-state index < -0.39 is 0 Å². The van der Waals surface area contributed by atoms with Crippen molar-refractivity contribution in [3.8, 4) is 0 Å². The van der Waals surface area contributed by atoms with Crippen LogP contribution < -0.4 is 10.6 Å². The Labute approximate surface area is 120 Å². The summed E-state index contributed by atoms with van der Waals surface area (Å²) in [6.07, 6.45) is 4.82. The Balaban J connectivity index is 1.53. The summed E-state index contributed by atoms with van der Waals surface area (Å²) in [4.78, 5) is 14.5. The van der Waals surface area contributed by atoms with Crippen LogP contribution in [0.5, 0.6) is 0 Å². The van der Waals surface area contributed by atoms with Gasteiger partial charge in [0, 0.05) is 36.9 Å². The Hall–Kier alpha value is -1.55. The molecule has 4 nitrogen and oxygen atoms in total. The summed E-state index contributed by atoms with van der Waals surface area (Å²) in [5.41, 5.74) is 3.22. The Morgan fingerprint density at radius 2 is 2.30 bits per heavy atom. The van der Waals surface area contributed by atoms with Crippen LogP contribution in [-0.2, 0) is 6.42 Å². The van der Waals surface area contributed by atoms with E-state index in [-0.39, 0.29) is 5.91 Å². The highest BCUT2D eigenvalue weighted by Crippen LogP contribution is 2.25. The third-order valence-corrected chi connectivity index (χ3v) is 4.23. The number of amides is 1. The largest absolute Gasteiger partial charge is 0.385 e. The number of nitrogens with zero attached hydrogens (tertiary/aromatic N) is 1. The van der Waals surface area contributed by atoms with Crippen LogP contribution in [0.3, 0.4) is 0 Å². The van der Waals surface area contributed by atoms with Crippen LogP contribution in [0.1, 0.15) is 35.2 Å². The lowest BCUT2D eigenvalue weighted by atomic mass is 10.0. The van der Waals surface area contributed by atoms with E-state index in [1.807, 2.05) is 18.2 Å². The van der Waals surface area contributed by atoms with E-state index in [0.717, 1.165) is 44.1 Å². The number of nitrogens with one attached hydrogen (secondary N) is 2. The molecule has 4 heteroatoms. The van der Waals surface area contributed by atoms with Gasteiger partial charge in [0.05, 0.1) is 0 Å². The lowest BCUT2D eigenvalue weighted by Crippen LogP contribution is -2.34. The lowest BCUT2D eigenvalue weighted by molar-refractivity contribution is 0.0949. The minimum Gasteiger partial charge on any atom is -0.385 e. The van der Waals surface area contributed by atoms with E-state index in [2.05, 4.69) is 22.6 Å². The number of carbonyl (C=O) groups is 1.